The fourth-order valence-corrected chi connectivity index (χ4v) is 3.74. The Morgan fingerprint density at radius 2 is 1.59 bits per heavy atom. The van der Waals surface area contributed by atoms with Crippen molar-refractivity contribution in [1.82, 2.24) is 0 Å². The number of halogens is 3. The smallest absolute Gasteiger partial charge is 0.262 e. The first-order valence-electron chi connectivity index (χ1n) is 9.33. The maximum atomic E-state index is 13.6. The van der Waals surface area contributed by atoms with E-state index >= 15 is 0 Å². The number of rotatable bonds is 7. The molecule has 0 heterocycles. The van der Waals surface area contributed by atoms with E-state index in [1.807, 2.05) is 13.8 Å². The van der Waals surface area contributed by atoms with Gasteiger partial charge in [-0.1, -0.05) is 6.07 Å². The number of anilines is 2. The van der Waals surface area contributed by atoms with Gasteiger partial charge in [-0.15, -0.1) is 0 Å². The van der Waals surface area contributed by atoms with E-state index < -0.39 is 45.7 Å². The third kappa shape index (κ3) is 5.38. The van der Waals surface area contributed by atoms with E-state index in [2.05, 4.69) is 10.0 Å². The second-order valence-corrected chi connectivity index (χ2v) is 8.62. The minimum atomic E-state index is -3.84. The highest BCUT2D eigenvalue weighted by molar-refractivity contribution is 7.92. The van der Waals surface area contributed by atoms with Crippen molar-refractivity contribution in [3.05, 3.63) is 83.2 Å². The Kier molecular flexibility index (Phi) is 6.73. The van der Waals surface area contributed by atoms with Crippen molar-refractivity contribution in [2.45, 2.75) is 18.7 Å². The average Bonchev–Trinajstić information content (AvgIpc) is 2.75. The molecule has 6 nitrogen and oxygen atoms in total. The Labute approximate surface area is 183 Å². The van der Waals surface area contributed by atoms with E-state index in [0.29, 0.717) is 11.8 Å². The molecule has 0 saturated carbocycles. The van der Waals surface area contributed by atoms with Crippen LogP contribution in [0.25, 0.3) is 0 Å². The zero-order valence-electron chi connectivity index (χ0n) is 17.1. The molecule has 0 aromatic heterocycles. The van der Waals surface area contributed by atoms with Gasteiger partial charge in [0.15, 0.2) is 24.1 Å². The molecule has 0 unspecified atom stereocenters. The van der Waals surface area contributed by atoms with Gasteiger partial charge in [0.1, 0.15) is 5.75 Å². The van der Waals surface area contributed by atoms with Crippen molar-refractivity contribution >= 4 is 27.3 Å². The fourth-order valence-electron chi connectivity index (χ4n) is 2.69. The summed E-state index contributed by atoms with van der Waals surface area (Å²) < 4.78 is 72.6. The molecule has 0 saturated heterocycles. The van der Waals surface area contributed by atoms with Crippen LogP contribution in [-0.4, -0.2) is 20.9 Å². The van der Waals surface area contributed by atoms with E-state index in [-0.39, 0.29) is 10.6 Å². The maximum absolute atomic E-state index is 13.6. The van der Waals surface area contributed by atoms with Crippen molar-refractivity contribution in [1.29, 1.82) is 0 Å². The van der Waals surface area contributed by atoms with Gasteiger partial charge in [-0.05, 0) is 73.5 Å². The molecule has 0 spiro atoms. The number of sulfonamides is 1. The first-order valence-corrected chi connectivity index (χ1v) is 10.8. The summed E-state index contributed by atoms with van der Waals surface area (Å²) in [4.78, 5) is 11.9. The average molecular weight is 464 g/mol. The van der Waals surface area contributed by atoms with Crippen LogP contribution in [0.2, 0.25) is 0 Å². The Morgan fingerprint density at radius 1 is 0.906 bits per heavy atom. The highest BCUT2D eigenvalue weighted by Gasteiger charge is 2.17. The van der Waals surface area contributed by atoms with Crippen LogP contribution in [0.3, 0.4) is 0 Å². The first kappa shape index (κ1) is 23.1. The lowest BCUT2D eigenvalue weighted by atomic mass is 10.1. The van der Waals surface area contributed by atoms with Crippen molar-refractivity contribution in [3.63, 3.8) is 0 Å². The largest absolute Gasteiger partial charge is 0.484 e. The molecule has 3 rings (SSSR count). The maximum Gasteiger partial charge on any atom is 0.262 e. The summed E-state index contributed by atoms with van der Waals surface area (Å²) in [6.45, 7) is 3.23. The lowest BCUT2D eigenvalue weighted by molar-refractivity contribution is -0.118. The summed E-state index contributed by atoms with van der Waals surface area (Å²) in [5.74, 6) is -5.24. The zero-order valence-corrected chi connectivity index (χ0v) is 17.9. The van der Waals surface area contributed by atoms with E-state index in [9.17, 15) is 26.4 Å². The van der Waals surface area contributed by atoms with E-state index in [4.69, 9.17) is 4.74 Å². The molecule has 168 valence electrons. The number of aryl methyl sites for hydroxylation is 2. The summed E-state index contributed by atoms with van der Waals surface area (Å²) in [6, 6.07) is 12.0. The Bertz CT molecular complexity index is 1260. The van der Waals surface area contributed by atoms with Gasteiger partial charge in [0.05, 0.1) is 10.6 Å². The normalized spacial score (nSPS) is 11.2. The molecule has 0 aliphatic heterocycles. The van der Waals surface area contributed by atoms with Crippen LogP contribution in [0.5, 0.6) is 5.75 Å². The van der Waals surface area contributed by atoms with E-state index in [1.165, 1.54) is 24.3 Å². The lowest BCUT2D eigenvalue weighted by Crippen LogP contribution is -2.21. The van der Waals surface area contributed by atoms with E-state index in [1.54, 1.807) is 18.2 Å². The molecule has 10 heteroatoms. The number of benzene rings is 3. The van der Waals surface area contributed by atoms with Gasteiger partial charge in [0.2, 0.25) is 0 Å². The highest BCUT2D eigenvalue weighted by atomic mass is 32.2. The summed E-state index contributed by atoms with van der Waals surface area (Å²) >= 11 is 0. The van der Waals surface area contributed by atoms with Gasteiger partial charge in [-0.25, -0.2) is 21.6 Å². The summed E-state index contributed by atoms with van der Waals surface area (Å²) in [5.41, 5.74) is 1.87. The molecule has 1 amide bonds. The Morgan fingerprint density at radius 3 is 2.25 bits per heavy atom. The van der Waals surface area contributed by atoms with Crippen molar-refractivity contribution in [3.8, 4) is 5.75 Å². The number of ether oxygens (including phenoxy) is 1. The van der Waals surface area contributed by atoms with Gasteiger partial charge in [-0.2, -0.15) is 0 Å². The Balaban J connectivity index is 1.61. The number of carbonyl (C=O) groups excluding carboxylic acids is 1. The molecule has 32 heavy (non-hydrogen) atoms. The van der Waals surface area contributed by atoms with Crippen LogP contribution in [0, 0.1) is 31.3 Å². The number of hydrogen-bond acceptors (Lipinski definition) is 4. The molecule has 3 aromatic rings. The predicted molar refractivity (Wildman–Crippen MR) is 114 cm³/mol. The van der Waals surface area contributed by atoms with Gasteiger partial charge in [-0.3, -0.25) is 9.52 Å². The third-order valence-corrected chi connectivity index (χ3v) is 5.97. The van der Waals surface area contributed by atoms with Crippen LogP contribution in [-0.2, 0) is 14.8 Å². The van der Waals surface area contributed by atoms with Gasteiger partial charge < -0.3 is 10.1 Å². The minimum Gasteiger partial charge on any atom is -0.484 e. The topological polar surface area (TPSA) is 84.5 Å². The van der Waals surface area contributed by atoms with Crippen LogP contribution < -0.4 is 14.8 Å². The predicted octanol–water partition coefficient (Wildman–Crippen LogP) is 4.54. The van der Waals surface area contributed by atoms with Gasteiger partial charge in [0.25, 0.3) is 15.9 Å². The number of carbonyl (C=O) groups is 1. The Hall–Kier alpha value is -3.53. The van der Waals surface area contributed by atoms with Gasteiger partial charge >= 0.3 is 0 Å². The SMILES string of the molecule is Cc1ccc(NS(=O)(=O)c2ccc(OCC(=O)Nc3ccc(F)c(F)c3F)cc2)cc1C. The van der Waals surface area contributed by atoms with Crippen LogP contribution in [0.4, 0.5) is 24.5 Å². The van der Waals surface area contributed by atoms with Crippen molar-refractivity contribution in [2.75, 3.05) is 16.6 Å². The highest BCUT2D eigenvalue weighted by Crippen LogP contribution is 2.22. The monoisotopic (exact) mass is 464 g/mol. The molecule has 0 aliphatic rings. The van der Waals surface area contributed by atoms with Crippen molar-refractivity contribution < 1.29 is 31.1 Å². The molecule has 0 radical (unpaired) electrons. The molecule has 3 aromatic carbocycles. The standard InChI is InChI=1S/C22H19F3N2O4S/c1-13-3-4-15(11-14(13)2)27-32(29,30)17-7-5-16(6-8-17)31-12-20(28)26-19-10-9-18(23)21(24)22(19)25/h3-11,27H,12H2,1-2H3,(H,26,28). The number of amides is 1. The van der Waals surface area contributed by atoms with Gasteiger partial charge in [0, 0.05) is 5.69 Å². The number of nitrogens with one attached hydrogen (secondary N) is 2. The molecule has 2 N–H and O–H groups in total. The fraction of sp³-hybridized carbons (Fsp3) is 0.136. The van der Waals surface area contributed by atoms with E-state index in [0.717, 1.165) is 17.2 Å². The van der Waals surface area contributed by atoms with Crippen molar-refractivity contribution in [2.24, 2.45) is 0 Å². The lowest BCUT2D eigenvalue weighted by Gasteiger charge is -2.11. The molecular formula is C22H19F3N2O4S. The van der Waals surface area contributed by atoms with Crippen LogP contribution in [0.1, 0.15) is 11.1 Å². The molecule has 0 bridgehead atoms. The second-order valence-electron chi connectivity index (χ2n) is 6.94. The zero-order chi connectivity index (χ0) is 23.5. The first-order chi connectivity index (χ1) is 15.1. The second kappa shape index (κ2) is 9.31. The third-order valence-electron chi connectivity index (χ3n) is 4.57. The number of hydrogen-bond donors (Lipinski definition) is 2. The molecular weight excluding hydrogens is 445 g/mol. The summed E-state index contributed by atoms with van der Waals surface area (Å²) in [5, 5.41) is 2.07. The minimum absolute atomic E-state index is 0.0172. The van der Waals surface area contributed by atoms with Crippen LogP contribution in [0.15, 0.2) is 59.5 Å². The molecule has 0 atom stereocenters. The molecule has 0 fully saturated rings. The summed E-state index contributed by atoms with van der Waals surface area (Å²) in [6.07, 6.45) is 0. The van der Waals surface area contributed by atoms with Crippen LogP contribution >= 0.6 is 0 Å². The summed E-state index contributed by atoms with van der Waals surface area (Å²) in [7, 11) is -3.84. The quantitative estimate of drug-likeness (QED) is 0.503. The molecule has 0 aliphatic carbocycles.